The van der Waals surface area contributed by atoms with Crippen molar-refractivity contribution < 1.29 is 22.8 Å². The Bertz CT molecular complexity index is 544. The molecule has 0 unspecified atom stereocenters. The van der Waals surface area contributed by atoms with Crippen LogP contribution in [0, 0.1) is 5.92 Å². The third-order valence-corrected chi connectivity index (χ3v) is 3.31. The molecule has 2 rings (SSSR count). The molecule has 0 aromatic heterocycles. The molecule has 1 atom stereocenters. The van der Waals surface area contributed by atoms with Gasteiger partial charge in [-0.1, -0.05) is 30.3 Å². The second kappa shape index (κ2) is 5.61. The van der Waals surface area contributed by atoms with Gasteiger partial charge in [0.05, 0.1) is 5.92 Å². The first-order valence-corrected chi connectivity index (χ1v) is 6.30. The maximum absolute atomic E-state index is 12.4. The summed E-state index contributed by atoms with van der Waals surface area (Å²) in [6.07, 6.45) is -2.58. The minimum atomic E-state index is -4.95. The molecule has 1 aliphatic rings. The molecule has 0 amide bonds. The van der Waals surface area contributed by atoms with E-state index in [4.69, 9.17) is 0 Å². The molecule has 0 bridgehead atoms. The molecule has 0 spiro atoms. The summed E-state index contributed by atoms with van der Waals surface area (Å²) in [5.74, 6) is -4.19. The van der Waals surface area contributed by atoms with Gasteiger partial charge in [0, 0.05) is 0 Å². The lowest BCUT2D eigenvalue weighted by atomic mass is 9.81. The standard InChI is InChI=1S/C15H13F3O2/c16-15(17,18)14(20)12-8-4-7-11(13(12)19)9-10-5-2-1-3-6-10/h1-3,5-6,9,12H,4,7-8H2/b11-9+/t12-/m1/s1. The van der Waals surface area contributed by atoms with Crippen molar-refractivity contribution in [2.45, 2.75) is 25.4 Å². The smallest absolute Gasteiger partial charge is 0.294 e. The van der Waals surface area contributed by atoms with Gasteiger partial charge < -0.3 is 0 Å². The lowest BCUT2D eigenvalue weighted by Crippen LogP contribution is -2.37. The topological polar surface area (TPSA) is 34.1 Å². The van der Waals surface area contributed by atoms with E-state index in [1.807, 2.05) is 0 Å². The number of hydrogen-bond donors (Lipinski definition) is 0. The molecule has 0 aliphatic heterocycles. The zero-order valence-corrected chi connectivity index (χ0v) is 10.6. The van der Waals surface area contributed by atoms with Crippen LogP contribution in [0.1, 0.15) is 24.8 Å². The normalized spacial score (nSPS) is 22.1. The van der Waals surface area contributed by atoms with Crippen LogP contribution in [-0.2, 0) is 9.59 Å². The van der Waals surface area contributed by atoms with Crippen LogP contribution in [0.4, 0.5) is 13.2 Å². The van der Waals surface area contributed by atoms with E-state index in [-0.39, 0.29) is 6.42 Å². The average molecular weight is 282 g/mol. The number of allylic oxidation sites excluding steroid dienone is 1. The van der Waals surface area contributed by atoms with Gasteiger partial charge in [0.15, 0.2) is 5.78 Å². The first kappa shape index (κ1) is 14.5. The Kier molecular flexibility index (Phi) is 4.06. The zero-order valence-electron chi connectivity index (χ0n) is 10.6. The minimum absolute atomic E-state index is 0.0245. The average Bonchev–Trinajstić information content (AvgIpc) is 2.40. The van der Waals surface area contributed by atoms with Gasteiger partial charge in [0.25, 0.3) is 0 Å². The van der Waals surface area contributed by atoms with Crippen LogP contribution in [0.25, 0.3) is 6.08 Å². The SMILES string of the molecule is O=C1/C(=C/c2ccccc2)CCC[C@H]1C(=O)C(F)(F)F. The van der Waals surface area contributed by atoms with E-state index in [0.29, 0.717) is 18.4 Å². The molecule has 106 valence electrons. The quantitative estimate of drug-likeness (QED) is 0.614. The molecule has 1 fully saturated rings. The summed E-state index contributed by atoms with van der Waals surface area (Å²) in [7, 11) is 0. The fraction of sp³-hybridized carbons (Fsp3) is 0.333. The van der Waals surface area contributed by atoms with Crippen molar-refractivity contribution in [2.24, 2.45) is 5.92 Å². The molecule has 5 heteroatoms. The lowest BCUT2D eigenvalue weighted by Gasteiger charge is -2.22. The number of ketones is 2. The molecule has 1 saturated carbocycles. The second-order valence-corrected chi connectivity index (χ2v) is 4.75. The monoisotopic (exact) mass is 282 g/mol. The summed E-state index contributed by atoms with van der Waals surface area (Å²) < 4.78 is 37.3. The van der Waals surface area contributed by atoms with E-state index in [2.05, 4.69) is 0 Å². The summed E-state index contributed by atoms with van der Waals surface area (Å²) in [6, 6.07) is 8.88. The van der Waals surface area contributed by atoms with E-state index in [1.165, 1.54) is 0 Å². The summed E-state index contributed by atoms with van der Waals surface area (Å²) in [6.45, 7) is 0. The van der Waals surface area contributed by atoms with Gasteiger partial charge in [-0.3, -0.25) is 9.59 Å². The molecular formula is C15H13F3O2. The van der Waals surface area contributed by atoms with Gasteiger partial charge >= 0.3 is 6.18 Å². The Labute approximate surface area is 114 Å². The highest BCUT2D eigenvalue weighted by Gasteiger charge is 2.47. The number of benzene rings is 1. The Hall–Kier alpha value is -1.91. The molecule has 1 aromatic rings. The van der Waals surface area contributed by atoms with Crippen molar-refractivity contribution in [2.75, 3.05) is 0 Å². The molecule has 2 nitrogen and oxygen atoms in total. The molecule has 20 heavy (non-hydrogen) atoms. The predicted octanol–water partition coefficient (Wildman–Crippen LogP) is 3.57. The summed E-state index contributed by atoms with van der Waals surface area (Å²) in [5.41, 5.74) is 1.04. The number of alkyl halides is 3. The van der Waals surface area contributed by atoms with Gasteiger partial charge in [-0.2, -0.15) is 13.2 Å². The van der Waals surface area contributed by atoms with Crippen molar-refractivity contribution in [1.29, 1.82) is 0 Å². The number of rotatable bonds is 2. The van der Waals surface area contributed by atoms with Gasteiger partial charge in [-0.15, -0.1) is 0 Å². The first-order valence-electron chi connectivity index (χ1n) is 6.30. The van der Waals surface area contributed by atoms with Crippen molar-refractivity contribution in [3.8, 4) is 0 Å². The molecular weight excluding hydrogens is 269 g/mol. The maximum Gasteiger partial charge on any atom is 0.450 e. The Morgan fingerprint density at radius 2 is 1.85 bits per heavy atom. The van der Waals surface area contributed by atoms with E-state index in [0.717, 1.165) is 5.56 Å². The third kappa shape index (κ3) is 3.15. The van der Waals surface area contributed by atoms with Gasteiger partial charge in [0.1, 0.15) is 0 Å². The fourth-order valence-electron chi connectivity index (χ4n) is 2.32. The van der Waals surface area contributed by atoms with Gasteiger partial charge in [0.2, 0.25) is 5.78 Å². The number of carbonyl (C=O) groups is 2. The van der Waals surface area contributed by atoms with Crippen molar-refractivity contribution >= 4 is 17.6 Å². The van der Waals surface area contributed by atoms with Crippen molar-refractivity contribution in [3.05, 3.63) is 41.5 Å². The first-order chi connectivity index (χ1) is 9.39. The van der Waals surface area contributed by atoms with Crippen molar-refractivity contribution in [1.82, 2.24) is 0 Å². The van der Waals surface area contributed by atoms with Crippen LogP contribution in [0.2, 0.25) is 0 Å². The fourth-order valence-corrected chi connectivity index (χ4v) is 2.32. The number of Topliss-reactive ketones (excluding diaryl/α,β-unsaturated/α-hetero) is 2. The number of carbonyl (C=O) groups excluding carboxylic acids is 2. The summed E-state index contributed by atoms with van der Waals surface area (Å²) >= 11 is 0. The Morgan fingerprint density at radius 3 is 2.45 bits per heavy atom. The van der Waals surface area contributed by atoms with Crippen LogP contribution < -0.4 is 0 Å². The van der Waals surface area contributed by atoms with Gasteiger partial charge in [-0.05, 0) is 36.5 Å². The molecule has 0 heterocycles. The van der Waals surface area contributed by atoms with Crippen LogP contribution in [0.5, 0.6) is 0 Å². The molecule has 1 aliphatic carbocycles. The Balaban J connectivity index is 2.24. The molecule has 1 aromatic carbocycles. The van der Waals surface area contributed by atoms with Crippen LogP contribution in [0.3, 0.4) is 0 Å². The van der Waals surface area contributed by atoms with E-state index in [1.54, 1.807) is 36.4 Å². The zero-order chi connectivity index (χ0) is 14.8. The highest BCUT2D eigenvalue weighted by molar-refractivity contribution is 6.14. The maximum atomic E-state index is 12.4. The number of hydrogen-bond acceptors (Lipinski definition) is 2. The summed E-state index contributed by atoms with van der Waals surface area (Å²) in [5, 5.41) is 0. The van der Waals surface area contributed by atoms with Crippen LogP contribution >= 0.6 is 0 Å². The highest BCUT2D eigenvalue weighted by Crippen LogP contribution is 2.32. The minimum Gasteiger partial charge on any atom is -0.294 e. The van der Waals surface area contributed by atoms with E-state index in [9.17, 15) is 22.8 Å². The number of halogens is 3. The second-order valence-electron chi connectivity index (χ2n) is 4.75. The van der Waals surface area contributed by atoms with Crippen LogP contribution in [-0.4, -0.2) is 17.7 Å². The van der Waals surface area contributed by atoms with Crippen LogP contribution in [0.15, 0.2) is 35.9 Å². The predicted molar refractivity (Wildman–Crippen MR) is 67.8 cm³/mol. The summed E-state index contributed by atoms with van der Waals surface area (Å²) in [4.78, 5) is 23.3. The third-order valence-electron chi connectivity index (χ3n) is 3.31. The molecule has 0 saturated heterocycles. The van der Waals surface area contributed by atoms with Gasteiger partial charge in [-0.25, -0.2) is 0 Å². The van der Waals surface area contributed by atoms with E-state index >= 15 is 0 Å². The molecule has 0 radical (unpaired) electrons. The lowest BCUT2D eigenvalue weighted by molar-refractivity contribution is -0.176. The van der Waals surface area contributed by atoms with E-state index < -0.39 is 23.7 Å². The Morgan fingerprint density at radius 1 is 1.20 bits per heavy atom. The largest absolute Gasteiger partial charge is 0.450 e. The van der Waals surface area contributed by atoms with Crippen molar-refractivity contribution in [3.63, 3.8) is 0 Å². The highest BCUT2D eigenvalue weighted by atomic mass is 19.4. The molecule has 0 N–H and O–H groups in total.